The van der Waals surface area contributed by atoms with E-state index in [9.17, 15) is 9.90 Å². The number of benzene rings is 1. The van der Waals surface area contributed by atoms with Crippen LogP contribution < -0.4 is 9.47 Å². The fourth-order valence-corrected chi connectivity index (χ4v) is 3.11. The summed E-state index contributed by atoms with van der Waals surface area (Å²) in [6, 6.07) is 7.58. The molecular formula is C17H25NO4S. The van der Waals surface area contributed by atoms with Crippen LogP contribution in [0.2, 0.25) is 0 Å². The van der Waals surface area contributed by atoms with Gasteiger partial charge in [-0.15, -0.1) is 0 Å². The Labute approximate surface area is 142 Å². The van der Waals surface area contributed by atoms with Crippen LogP contribution in [0.1, 0.15) is 19.3 Å². The predicted octanol–water partition coefficient (Wildman–Crippen LogP) is 2.18. The van der Waals surface area contributed by atoms with E-state index in [0.717, 1.165) is 30.1 Å². The van der Waals surface area contributed by atoms with Gasteiger partial charge in [-0.05, 0) is 30.6 Å². The Morgan fingerprint density at radius 3 is 2.61 bits per heavy atom. The summed E-state index contributed by atoms with van der Waals surface area (Å²) in [4.78, 5) is 13.9. The molecule has 1 fully saturated rings. The Bertz CT molecular complexity index is 503. The number of hydrogen-bond donors (Lipinski definition) is 1. The summed E-state index contributed by atoms with van der Waals surface area (Å²) in [5.41, 5.74) is 0. The lowest BCUT2D eigenvalue weighted by Crippen LogP contribution is -2.46. The van der Waals surface area contributed by atoms with Gasteiger partial charge in [0.25, 0.3) is 5.91 Å². The molecule has 1 aromatic rings. The first-order chi connectivity index (χ1) is 11.2. The quantitative estimate of drug-likeness (QED) is 0.825. The van der Waals surface area contributed by atoms with Gasteiger partial charge in [-0.3, -0.25) is 4.79 Å². The normalized spacial score (nSPS) is 16.9. The van der Waals surface area contributed by atoms with Crippen molar-refractivity contribution in [2.75, 3.05) is 32.2 Å². The van der Waals surface area contributed by atoms with Crippen LogP contribution in [-0.4, -0.2) is 60.3 Å². The Morgan fingerprint density at radius 2 is 2.00 bits per heavy atom. The summed E-state index contributed by atoms with van der Waals surface area (Å²) < 4.78 is 11.3. The third-order valence-corrected chi connectivity index (χ3v) is 4.64. The largest absolute Gasteiger partial charge is 0.493 e. The second kappa shape index (κ2) is 9.03. The molecule has 0 aromatic heterocycles. The number of nitrogens with zero attached hydrogens (tertiary/aromatic N) is 1. The second-order valence-electron chi connectivity index (χ2n) is 5.59. The summed E-state index contributed by atoms with van der Waals surface area (Å²) in [5, 5.41) is 9.92. The molecule has 0 bridgehead atoms. The average molecular weight is 339 g/mol. The van der Waals surface area contributed by atoms with Gasteiger partial charge in [0, 0.05) is 25.9 Å². The molecule has 23 heavy (non-hydrogen) atoms. The number of aliphatic hydroxyl groups is 1. The number of carbonyl (C=O) groups is 1. The molecule has 0 aliphatic carbocycles. The SMILES string of the molecule is COc1ccccc1OC1CCN(C(=O)[C@@H](O)CCSC)CC1. The molecule has 0 saturated carbocycles. The minimum atomic E-state index is -0.880. The lowest BCUT2D eigenvalue weighted by Gasteiger charge is -2.33. The van der Waals surface area contributed by atoms with Crippen molar-refractivity contribution in [1.29, 1.82) is 0 Å². The van der Waals surface area contributed by atoms with Gasteiger partial charge in [-0.2, -0.15) is 11.8 Å². The van der Waals surface area contributed by atoms with Gasteiger partial charge in [-0.25, -0.2) is 0 Å². The first-order valence-electron chi connectivity index (χ1n) is 7.91. The number of likely N-dealkylation sites (tertiary alicyclic amines) is 1. The van der Waals surface area contributed by atoms with E-state index in [0.29, 0.717) is 19.5 Å². The zero-order chi connectivity index (χ0) is 16.7. The second-order valence-corrected chi connectivity index (χ2v) is 6.58. The number of hydrogen-bond acceptors (Lipinski definition) is 5. The van der Waals surface area contributed by atoms with E-state index in [4.69, 9.17) is 9.47 Å². The summed E-state index contributed by atoms with van der Waals surface area (Å²) >= 11 is 1.64. The van der Waals surface area contributed by atoms with E-state index in [-0.39, 0.29) is 12.0 Å². The molecule has 5 nitrogen and oxygen atoms in total. The smallest absolute Gasteiger partial charge is 0.251 e. The number of para-hydroxylation sites is 2. The van der Waals surface area contributed by atoms with Crippen molar-refractivity contribution < 1.29 is 19.4 Å². The number of carbonyl (C=O) groups excluding carboxylic acids is 1. The maximum Gasteiger partial charge on any atom is 0.251 e. The highest BCUT2D eigenvalue weighted by molar-refractivity contribution is 7.98. The minimum absolute atomic E-state index is 0.0682. The van der Waals surface area contributed by atoms with Crippen molar-refractivity contribution in [3.8, 4) is 11.5 Å². The number of aliphatic hydroxyl groups excluding tert-OH is 1. The van der Waals surface area contributed by atoms with Gasteiger partial charge in [0.15, 0.2) is 11.5 Å². The molecule has 1 aliphatic heterocycles. The Kier molecular flexibility index (Phi) is 7.05. The van der Waals surface area contributed by atoms with Gasteiger partial charge in [0.2, 0.25) is 0 Å². The summed E-state index contributed by atoms with van der Waals surface area (Å²) in [5.74, 6) is 2.09. The molecule has 1 saturated heterocycles. The molecule has 1 aromatic carbocycles. The van der Waals surface area contributed by atoms with Crippen molar-refractivity contribution in [3.63, 3.8) is 0 Å². The Morgan fingerprint density at radius 1 is 1.35 bits per heavy atom. The van der Waals surface area contributed by atoms with Crippen molar-refractivity contribution in [2.45, 2.75) is 31.5 Å². The van der Waals surface area contributed by atoms with Gasteiger partial charge >= 0.3 is 0 Å². The molecule has 1 heterocycles. The number of amides is 1. The van der Waals surface area contributed by atoms with Crippen LogP contribution >= 0.6 is 11.8 Å². The maximum atomic E-state index is 12.2. The summed E-state index contributed by atoms with van der Waals surface area (Å²) in [6.07, 6.45) is 3.20. The average Bonchev–Trinajstić information content (AvgIpc) is 2.60. The zero-order valence-corrected chi connectivity index (χ0v) is 14.6. The molecule has 128 valence electrons. The van der Waals surface area contributed by atoms with Crippen LogP contribution in [0.4, 0.5) is 0 Å². The van der Waals surface area contributed by atoms with Gasteiger partial charge < -0.3 is 19.5 Å². The topological polar surface area (TPSA) is 59.0 Å². The molecule has 0 spiro atoms. The molecule has 6 heteroatoms. The van der Waals surface area contributed by atoms with Gasteiger partial charge in [0.05, 0.1) is 7.11 Å². The number of piperidine rings is 1. The molecule has 1 amide bonds. The highest BCUT2D eigenvalue weighted by Gasteiger charge is 2.27. The van der Waals surface area contributed by atoms with Crippen molar-refractivity contribution >= 4 is 17.7 Å². The van der Waals surface area contributed by atoms with Crippen LogP contribution in [-0.2, 0) is 4.79 Å². The van der Waals surface area contributed by atoms with E-state index >= 15 is 0 Å². The van der Waals surface area contributed by atoms with Crippen LogP contribution in [0, 0.1) is 0 Å². The highest BCUT2D eigenvalue weighted by Crippen LogP contribution is 2.29. The van der Waals surface area contributed by atoms with E-state index in [1.165, 1.54) is 0 Å². The Balaban J connectivity index is 1.83. The Hall–Kier alpha value is -1.40. The van der Waals surface area contributed by atoms with Crippen molar-refractivity contribution in [2.24, 2.45) is 0 Å². The number of thioether (sulfide) groups is 1. The summed E-state index contributed by atoms with van der Waals surface area (Å²) in [7, 11) is 1.62. The lowest BCUT2D eigenvalue weighted by atomic mass is 10.1. The van der Waals surface area contributed by atoms with E-state index in [1.54, 1.807) is 23.8 Å². The maximum absolute atomic E-state index is 12.2. The molecule has 1 atom stereocenters. The number of methoxy groups -OCH3 is 1. The summed E-state index contributed by atoms with van der Waals surface area (Å²) in [6.45, 7) is 1.24. The van der Waals surface area contributed by atoms with Gasteiger partial charge in [0.1, 0.15) is 12.2 Å². The van der Waals surface area contributed by atoms with Crippen molar-refractivity contribution in [3.05, 3.63) is 24.3 Å². The van der Waals surface area contributed by atoms with Crippen LogP contribution in [0.15, 0.2) is 24.3 Å². The van der Waals surface area contributed by atoms with Crippen LogP contribution in [0.25, 0.3) is 0 Å². The number of rotatable bonds is 7. The van der Waals surface area contributed by atoms with Crippen LogP contribution in [0.5, 0.6) is 11.5 Å². The highest BCUT2D eigenvalue weighted by atomic mass is 32.2. The minimum Gasteiger partial charge on any atom is -0.493 e. The van der Waals surface area contributed by atoms with E-state index in [2.05, 4.69) is 0 Å². The standard InChI is InChI=1S/C17H25NO4S/c1-21-15-5-3-4-6-16(15)22-13-7-10-18(11-8-13)17(20)14(19)9-12-23-2/h3-6,13-14,19H,7-12H2,1-2H3/t14-/m0/s1. The third-order valence-electron chi connectivity index (χ3n) is 4.00. The first-order valence-corrected chi connectivity index (χ1v) is 9.30. The number of ether oxygens (including phenoxy) is 2. The molecule has 0 radical (unpaired) electrons. The fourth-order valence-electron chi connectivity index (χ4n) is 2.65. The molecule has 1 aliphatic rings. The third kappa shape index (κ3) is 5.04. The van der Waals surface area contributed by atoms with Gasteiger partial charge in [-0.1, -0.05) is 12.1 Å². The monoisotopic (exact) mass is 339 g/mol. The zero-order valence-electron chi connectivity index (χ0n) is 13.7. The lowest BCUT2D eigenvalue weighted by molar-refractivity contribution is -0.142. The fraction of sp³-hybridized carbons (Fsp3) is 0.588. The molecule has 2 rings (SSSR count). The first kappa shape index (κ1) is 17.9. The van der Waals surface area contributed by atoms with Crippen LogP contribution in [0.3, 0.4) is 0 Å². The van der Waals surface area contributed by atoms with E-state index in [1.807, 2.05) is 30.5 Å². The van der Waals surface area contributed by atoms with E-state index < -0.39 is 6.10 Å². The van der Waals surface area contributed by atoms with Crippen molar-refractivity contribution in [1.82, 2.24) is 4.90 Å². The molecule has 1 N–H and O–H groups in total. The predicted molar refractivity (Wildman–Crippen MR) is 92.2 cm³/mol. The molecule has 0 unspecified atom stereocenters. The molecular weight excluding hydrogens is 314 g/mol.